The van der Waals surface area contributed by atoms with Crippen LogP contribution in [0.3, 0.4) is 0 Å². The molecule has 2 heterocycles. The SMILES string of the molecule is COC(=O)[C@@H]1CC[C@@H]2CC[C@H](c3ccccc3)[C@@H](NC(=O)OC(C)(C)C)C(=O)N21. The summed E-state index contributed by atoms with van der Waals surface area (Å²) >= 11 is 0. The number of hydrogen-bond donors (Lipinski definition) is 1. The number of amides is 2. The van der Waals surface area contributed by atoms with E-state index in [1.165, 1.54) is 7.11 Å². The Labute approximate surface area is 171 Å². The van der Waals surface area contributed by atoms with Crippen LogP contribution in [0.25, 0.3) is 0 Å². The third-order valence-electron chi connectivity index (χ3n) is 5.61. The highest BCUT2D eigenvalue weighted by molar-refractivity contribution is 5.91. The maximum Gasteiger partial charge on any atom is 0.408 e. The molecule has 0 spiro atoms. The fourth-order valence-corrected chi connectivity index (χ4v) is 4.39. The van der Waals surface area contributed by atoms with Crippen LogP contribution in [0.2, 0.25) is 0 Å². The Kier molecular flexibility index (Phi) is 6.15. The molecule has 2 fully saturated rings. The molecular formula is C22H30N2O5. The molecule has 2 aliphatic heterocycles. The number of rotatable bonds is 3. The number of esters is 1. The summed E-state index contributed by atoms with van der Waals surface area (Å²) in [5.41, 5.74) is 0.308. The fourth-order valence-electron chi connectivity index (χ4n) is 4.39. The molecule has 7 nitrogen and oxygen atoms in total. The van der Waals surface area contributed by atoms with Gasteiger partial charge in [0.2, 0.25) is 5.91 Å². The minimum absolute atomic E-state index is 0.0248. The summed E-state index contributed by atoms with van der Waals surface area (Å²) in [6.45, 7) is 5.33. The van der Waals surface area contributed by atoms with Crippen molar-refractivity contribution in [3.05, 3.63) is 35.9 Å². The zero-order valence-electron chi connectivity index (χ0n) is 17.5. The Morgan fingerprint density at radius 3 is 2.34 bits per heavy atom. The third kappa shape index (κ3) is 4.71. The summed E-state index contributed by atoms with van der Waals surface area (Å²) in [6.07, 6.45) is 2.20. The molecule has 3 rings (SSSR count). The molecule has 2 amide bonds. The predicted molar refractivity (Wildman–Crippen MR) is 107 cm³/mol. The lowest BCUT2D eigenvalue weighted by molar-refractivity contribution is -0.152. The second-order valence-electron chi connectivity index (χ2n) is 8.73. The van der Waals surface area contributed by atoms with Gasteiger partial charge in [-0.05, 0) is 52.0 Å². The molecule has 0 saturated carbocycles. The van der Waals surface area contributed by atoms with Crippen molar-refractivity contribution in [2.45, 2.75) is 76.1 Å². The van der Waals surface area contributed by atoms with Crippen LogP contribution in [0, 0.1) is 0 Å². The van der Waals surface area contributed by atoms with Gasteiger partial charge in [-0.1, -0.05) is 30.3 Å². The van der Waals surface area contributed by atoms with E-state index >= 15 is 0 Å². The van der Waals surface area contributed by atoms with Gasteiger partial charge in [0.05, 0.1) is 7.11 Å². The molecule has 0 aromatic heterocycles. The molecule has 2 aliphatic rings. The zero-order valence-corrected chi connectivity index (χ0v) is 17.5. The Bertz CT molecular complexity index is 758. The van der Waals surface area contributed by atoms with E-state index in [-0.39, 0.29) is 17.9 Å². The van der Waals surface area contributed by atoms with Gasteiger partial charge in [0.25, 0.3) is 0 Å². The average molecular weight is 402 g/mol. The maximum absolute atomic E-state index is 13.6. The molecule has 7 heteroatoms. The van der Waals surface area contributed by atoms with Gasteiger partial charge in [-0.25, -0.2) is 9.59 Å². The number of nitrogens with one attached hydrogen (secondary N) is 1. The van der Waals surface area contributed by atoms with Crippen molar-refractivity contribution in [3.8, 4) is 0 Å². The van der Waals surface area contributed by atoms with Crippen molar-refractivity contribution in [2.75, 3.05) is 7.11 Å². The Balaban J connectivity index is 1.93. The second kappa shape index (κ2) is 8.43. The van der Waals surface area contributed by atoms with Gasteiger partial charge in [0, 0.05) is 12.0 Å². The first-order chi connectivity index (χ1) is 13.7. The van der Waals surface area contributed by atoms with Gasteiger partial charge in [-0.15, -0.1) is 0 Å². The Morgan fingerprint density at radius 2 is 1.72 bits per heavy atom. The molecule has 1 N–H and O–H groups in total. The first-order valence-corrected chi connectivity index (χ1v) is 10.2. The highest BCUT2D eigenvalue weighted by Gasteiger charge is 2.48. The molecule has 158 valence electrons. The van der Waals surface area contributed by atoms with E-state index in [4.69, 9.17) is 9.47 Å². The minimum atomic E-state index is -0.803. The van der Waals surface area contributed by atoms with Crippen molar-refractivity contribution in [3.63, 3.8) is 0 Å². The number of alkyl carbamates (subject to hydrolysis) is 1. The predicted octanol–water partition coefficient (Wildman–Crippen LogP) is 2.99. The quantitative estimate of drug-likeness (QED) is 0.786. The fraction of sp³-hybridized carbons (Fsp3) is 0.591. The van der Waals surface area contributed by atoms with Crippen LogP contribution >= 0.6 is 0 Å². The molecule has 1 aromatic rings. The topological polar surface area (TPSA) is 84.9 Å². The van der Waals surface area contributed by atoms with Crippen molar-refractivity contribution < 1.29 is 23.9 Å². The molecular weight excluding hydrogens is 372 g/mol. The summed E-state index contributed by atoms with van der Waals surface area (Å²) in [5, 5.41) is 2.80. The van der Waals surface area contributed by atoms with Crippen LogP contribution < -0.4 is 5.32 Å². The average Bonchev–Trinajstić information content (AvgIpc) is 3.04. The largest absolute Gasteiger partial charge is 0.467 e. The van der Waals surface area contributed by atoms with E-state index in [1.54, 1.807) is 25.7 Å². The van der Waals surface area contributed by atoms with Crippen LogP contribution in [0.15, 0.2) is 30.3 Å². The van der Waals surface area contributed by atoms with Gasteiger partial charge in [0.15, 0.2) is 0 Å². The van der Waals surface area contributed by atoms with Crippen molar-refractivity contribution in [1.29, 1.82) is 0 Å². The molecule has 2 saturated heterocycles. The summed E-state index contributed by atoms with van der Waals surface area (Å²) in [4.78, 5) is 40.0. The van der Waals surface area contributed by atoms with Crippen molar-refractivity contribution >= 4 is 18.0 Å². The number of carbonyl (C=O) groups excluding carboxylic acids is 3. The van der Waals surface area contributed by atoms with Crippen molar-refractivity contribution in [2.24, 2.45) is 0 Å². The number of benzene rings is 1. The van der Waals surface area contributed by atoms with Gasteiger partial charge >= 0.3 is 12.1 Å². The minimum Gasteiger partial charge on any atom is -0.467 e. The molecule has 0 radical (unpaired) electrons. The highest BCUT2D eigenvalue weighted by atomic mass is 16.6. The molecule has 4 atom stereocenters. The summed E-state index contributed by atoms with van der Waals surface area (Å²) in [6, 6.07) is 8.28. The lowest BCUT2D eigenvalue weighted by atomic mass is 9.87. The normalized spacial score (nSPS) is 27.0. The smallest absolute Gasteiger partial charge is 0.408 e. The van der Waals surface area contributed by atoms with Crippen LogP contribution in [0.5, 0.6) is 0 Å². The first-order valence-electron chi connectivity index (χ1n) is 10.2. The van der Waals surface area contributed by atoms with Gasteiger partial charge in [-0.3, -0.25) is 4.79 Å². The van der Waals surface area contributed by atoms with Crippen LogP contribution in [-0.2, 0) is 19.1 Å². The molecule has 29 heavy (non-hydrogen) atoms. The number of methoxy groups -OCH3 is 1. The van der Waals surface area contributed by atoms with Gasteiger partial charge in [0.1, 0.15) is 17.7 Å². The van der Waals surface area contributed by atoms with Crippen LogP contribution in [0.4, 0.5) is 4.79 Å². The summed E-state index contributed by atoms with van der Waals surface area (Å²) in [5.74, 6) is -0.852. The van der Waals surface area contributed by atoms with E-state index in [1.807, 2.05) is 30.3 Å². The van der Waals surface area contributed by atoms with Crippen LogP contribution in [-0.4, -0.2) is 53.7 Å². The van der Waals surface area contributed by atoms with E-state index < -0.39 is 29.7 Å². The number of ether oxygens (including phenoxy) is 2. The van der Waals surface area contributed by atoms with Gasteiger partial charge in [-0.2, -0.15) is 0 Å². The molecule has 0 aliphatic carbocycles. The zero-order chi connectivity index (χ0) is 21.2. The lowest BCUT2D eigenvalue weighted by Crippen LogP contribution is -2.55. The van der Waals surface area contributed by atoms with E-state index in [9.17, 15) is 14.4 Å². The molecule has 1 aromatic carbocycles. The van der Waals surface area contributed by atoms with Gasteiger partial charge < -0.3 is 19.7 Å². The Hall–Kier alpha value is -2.57. The monoisotopic (exact) mass is 402 g/mol. The number of hydrogen-bond acceptors (Lipinski definition) is 5. The van der Waals surface area contributed by atoms with E-state index in [0.29, 0.717) is 6.42 Å². The third-order valence-corrected chi connectivity index (χ3v) is 5.61. The number of nitrogens with zero attached hydrogens (tertiary/aromatic N) is 1. The highest BCUT2D eigenvalue weighted by Crippen LogP contribution is 2.38. The Morgan fingerprint density at radius 1 is 1.07 bits per heavy atom. The molecule has 0 unspecified atom stereocenters. The van der Waals surface area contributed by atoms with Crippen LogP contribution in [0.1, 0.15) is 57.9 Å². The lowest BCUT2D eigenvalue weighted by Gasteiger charge is -2.32. The first kappa shape index (κ1) is 21.1. The van der Waals surface area contributed by atoms with E-state index in [2.05, 4.69) is 5.32 Å². The van der Waals surface area contributed by atoms with E-state index in [0.717, 1.165) is 24.8 Å². The summed E-state index contributed by atoms with van der Waals surface area (Å²) < 4.78 is 10.3. The maximum atomic E-state index is 13.6. The second-order valence-corrected chi connectivity index (χ2v) is 8.73. The van der Waals surface area contributed by atoms with Crippen molar-refractivity contribution in [1.82, 2.24) is 10.2 Å². The number of carbonyl (C=O) groups is 3. The standard InChI is InChI=1S/C22H30N2O5/c1-22(2,3)29-21(27)23-18-16(14-8-6-5-7-9-14)12-10-15-11-13-17(20(26)28-4)24(15)19(18)25/h5-9,15-18H,10-13H2,1-4H3,(H,23,27)/t15-,16+,17-,18+/m0/s1. The molecule has 0 bridgehead atoms. The summed E-state index contributed by atoms with van der Waals surface area (Å²) in [7, 11) is 1.33. The number of fused-ring (bicyclic) bond motifs is 1.